The van der Waals surface area contributed by atoms with Crippen molar-refractivity contribution in [1.82, 2.24) is 26.2 Å². The van der Waals surface area contributed by atoms with Crippen molar-refractivity contribution < 1.29 is 76.7 Å². The van der Waals surface area contributed by atoms with Crippen LogP contribution in [0.1, 0.15) is 116 Å². The third-order valence-electron chi connectivity index (χ3n) is 16.0. The number of methoxy groups -OCH3 is 2. The lowest BCUT2D eigenvalue weighted by atomic mass is 9.83. The van der Waals surface area contributed by atoms with Crippen LogP contribution in [0, 0.1) is 17.8 Å². The van der Waals surface area contributed by atoms with E-state index in [4.69, 9.17) is 45.8 Å². The summed E-state index contributed by atoms with van der Waals surface area (Å²) in [6, 6.07) is 5.01. The molecule has 1 unspecified atom stereocenters. The molecule has 4 bridgehead atoms. The summed E-state index contributed by atoms with van der Waals surface area (Å²) in [5.41, 5.74) is 3.81. The standard InChI is InChI=1S/C61H85Br2ClN8O16/c1-33(2)51(69-48(73)24-15-12-19-35(4)85-57(79)39(31-62)32-63)54(76)68-42(22-17-25-66-58(65)80)53(75)67-41-21-14-13-20-40(41)55(77)71(8)37(6)56(78)87-47-29-49(74)72(9)43-27-38(28-44(83-10)50(43)64)26-34(3)18-16-23-46(84-11)61(82)30-45(86-59(81)70-61)36(5)52-60(47,7)88-52/h13-14,16,18,20-21,23,27-28,33,35-37,39,42,45-47,51-52,82H,12,15,17,19,22,24-26,29-32H2,1-11H3,(H,67,75)(H,68,76)(H,69,73)(H,70,81)(H3,65,66,80)/b23-16+,34-18+/t35?,36-,37+,42+,45+,46-,47+,51+,52+,60+,61+/m1/s1. The van der Waals surface area contributed by atoms with Gasteiger partial charge in [0.1, 0.15) is 52.8 Å². The summed E-state index contributed by atoms with van der Waals surface area (Å²) >= 11 is 13.5. The van der Waals surface area contributed by atoms with Crippen LogP contribution in [0.15, 0.2) is 60.2 Å². The number of urea groups is 1. The predicted octanol–water partition coefficient (Wildman–Crippen LogP) is 6.74. The Morgan fingerprint density at radius 1 is 0.977 bits per heavy atom. The molecule has 0 spiro atoms. The third kappa shape index (κ3) is 19.3. The number of alkyl halides is 2. The van der Waals surface area contributed by atoms with Gasteiger partial charge in [0.2, 0.25) is 23.6 Å². The van der Waals surface area contributed by atoms with Crippen LogP contribution >= 0.6 is 43.5 Å². The highest BCUT2D eigenvalue weighted by molar-refractivity contribution is 9.09. The maximum Gasteiger partial charge on any atom is 0.409 e. The average molecular weight is 1380 g/mol. The lowest BCUT2D eigenvalue weighted by molar-refractivity contribution is -0.158. The topological polar surface area (TPSA) is 325 Å². The van der Waals surface area contributed by atoms with Gasteiger partial charge < -0.3 is 70.3 Å². The first-order valence-corrected chi connectivity index (χ1v) is 31.9. The van der Waals surface area contributed by atoms with Crippen LogP contribution in [0.25, 0.3) is 0 Å². The number of carbonyl (C=O) groups excluding carboxylic acids is 9. The molecule has 0 aromatic heterocycles. The van der Waals surface area contributed by atoms with E-state index < -0.39 is 120 Å². The number of para-hydroxylation sites is 1. The second-order valence-electron chi connectivity index (χ2n) is 23.1. The van der Waals surface area contributed by atoms with E-state index in [1.807, 2.05) is 13.0 Å². The number of epoxide rings is 1. The fourth-order valence-corrected chi connectivity index (χ4v) is 12.3. The molecule has 0 radical (unpaired) electrons. The Balaban J connectivity index is 1.36. The van der Waals surface area contributed by atoms with E-state index in [9.17, 15) is 48.3 Å². The van der Waals surface area contributed by atoms with E-state index in [-0.39, 0.29) is 66.5 Å². The molecule has 8 N–H and O–H groups in total. The predicted molar refractivity (Wildman–Crippen MR) is 336 cm³/mol. The Hall–Kier alpha value is -6.32. The van der Waals surface area contributed by atoms with Crippen molar-refractivity contribution in [3.05, 3.63) is 76.3 Å². The number of rotatable bonds is 25. The van der Waals surface area contributed by atoms with Crippen molar-refractivity contribution in [2.75, 3.05) is 55.7 Å². The minimum Gasteiger partial charge on any atom is -0.495 e. The van der Waals surface area contributed by atoms with Gasteiger partial charge in [-0.15, -0.1) is 0 Å². The van der Waals surface area contributed by atoms with E-state index in [0.29, 0.717) is 47.8 Å². The highest BCUT2D eigenvalue weighted by atomic mass is 79.9. The second-order valence-corrected chi connectivity index (χ2v) is 24.8. The molecule has 88 heavy (non-hydrogen) atoms. The quantitative estimate of drug-likeness (QED) is 0.0178. The lowest BCUT2D eigenvalue weighted by Gasteiger charge is -2.42. The van der Waals surface area contributed by atoms with Crippen LogP contribution < -0.4 is 42.0 Å². The van der Waals surface area contributed by atoms with Gasteiger partial charge >= 0.3 is 24.1 Å². The summed E-state index contributed by atoms with van der Waals surface area (Å²) in [6.07, 6.45) is 1.25. The first-order valence-electron chi connectivity index (χ1n) is 29.2. The summed E-state index contributed by atoms with van der Waals surface area (Å²) in [5, 5.41) is 26.2. The van der Waals surface area contributed by atoms with Crippen LogP contribution in [0.2, 0.25) is 5.02 Å². The molecular weight excluding hydrogens is 1300 g/mol. The van der Waals surface area contributed by atoms with Gasteiger partial charge in [-0.1, -0.05) is 100 Å². The number of unbranched alkanes of at least 4 members (excludes halogenated alkanes) is 1. The highest BCUT2D eigenvalue weighted by Crippen LogP contribution is 2.49. The number of allylic oxidation sites excluding steroid dienone is 3. The first kappa shape index (κ1) is 72.4. The fraction of sp³-hybridized carbons (Fsp3) is 0.590. The zero-order valence-corrected chi connectivity index (χ0v) is 55.6. The van der Waals surface area contributed by atoms with E-state index >= 15 is 0 Å². The molecule has 24 nitrogen and oxygen atoms in total. The number of primary amides is 1. The molecule has 8 amide bonds. The molecular formula is C61H85Br2ClN8O16. The normalized spacial score (nSPS) is 24.3. The number of nitrogens with two attached hydrogens (primary N) is 1. The number of hydrogen-bond acceptors (Lipinski definition) is 16. The van der Waals surface area contributed by atoms with Gasteiger partial charge in [0.05, 0.1) is 48.6 Å². The Bertz CT molecular complexity index is 2910. The monoisotopic (exact) mass is 1380 g/mol. The smallest absolute Gasteiger partial charge is 0.409 e. The largest absolute Gasteiger partial charge is 0.495 e. The molecule has 2 fully saturated rings. The van der Waals surface area contributed by atoms with Crippen LogP contribution in [0.4, 0.5) is 21.0 Å². The Morgan fingerprint density at radius 2 is 1.67 bits per heavy atom. The highest BCUT2D eigenvalue weighted by Gasteiger charge is 2.64. The van der Waals surface area contributed by atoms with Crippen LogP contribution in [-0.4, -0.2) is 169 Å². The number of ether oxygens (including phenoxy) is 6. The molecule has 2 aromatic rings. The molecule has 3 aliphatic heterocycles. The van der Waals surface area contributed by atoms with E-state index in [1.54, 1.807) is 71.0 Å². The molecule has 2 saturated heterocycles. The number of hydrogen-bond donors (Lipinski definition) is 7. The number of esters is 2. The lowest BCUT2D eigenvalue weighted by Crippen LogP contribution is -2.63. The molecule has 5 rings (SSSR count). The molecule has 0 aliphatic carbocycles. The first-order chi connectivity index (χ1) is 41.5. The second kappa shape index (κ2) is 33.0. The van der Waals surface area contributed by atoms with E-state index in [2.05, 4.69) is 58.4 Å². The Labute approximate surface area is 536 Å². The number of halogens is 3. The number of benzene rings is 2. The number of nitrogens with zero attached hydrogens (tertiary/aromatic N) is 2. The number of anilines is 2. The molecule has 486 valence electrons. The van der Waals surface area contributed by atoms with Gasteiger partial charge in [-0.3, -0.25) is 34.1 Å². The van der Waals surface area contributed by atoms with Crippen molar-refractivity contribution in [3.8, 4) is 5.75 Å². The maximum atomic E-state index is 14.6. The van der Waals surface area contributed by atoms with Gasteiger partial charge in [0.25, 0.3) is 5.91 Å². The van der Waals surface area contributed by atoms with Crippen molar-refractivity contribution >= 4 is 108 Å². The van der Waals surface area contributed by atoms with Gasteiger partial charge in [0, 0.05) is 57.2 Å². The van der Waals surface area contributed by atoms with E-state index in [1.165, 1.54) is 52.3 Å². The summed E-state index contributed by atoms with van der Waals surface area (Å²) in [4.78, 5) is 125. The molecule has 0 saturated carbocycles. The number of likely N-dealkylation sites (N-methyl/N-ethyl adjacent to an activating group) is 1. The minimum absolute atomic E-state index is 0.0102. The summed E-state index contributed by atoms with van der Waals surface area (Å²) in [7, 11) is 5.71. The minimum atomic E-state index is -1.93. The van der Waals surface area contributed by atoms with Crippen molar-refractivity contribution in [1.29, 1.82) is 0 Å². The van der Waals surface area contributed by atoms with Crippen LogP contribution in [0.5, 0.6) is 5.75 Å². The number of fused-ring (bicyclic) bond motifs is 5. The van der Waals surface area contributed by atoms with Gasteiger partial charge in [-0.2, -0.15) is 0 Å². The van der Waals surface area contributed by atoms with Gasteiger partial charge in [-0.05, 0) is 102 Å². The molecule has 3 aliphatic rings. The number of carbonyl (C=O) groups is 9. The molecule has 27 heteroatoms. The number of aliphatic hydroxyl groups is 1. The van der Waals surface area contributed by atoms with Crippen molar-refractivity contribution in [3.63, 3.8) is 0 Å². The average Bonchev–Trinajstić information content (AvgIpc) is 1.86. The zero-order chi connectivity index (χ0) is 65.4. The SMILES string of the molecule is COc1cc2cc(c1Cl)N(C)C(=O)C[C@H](OC(=O)[C@H](C)N(C)C(=O)c1ccccc1NC(=O)[C@H](CCCNC(N)=O)NC(=O)[C@@H](NC(=O)CCCCC(C)OC(=O)C(CBr)CBr)C(C)C)[C@]1(C)O[C@H]1[C@H](C)[C@@H]1C[C@@](O)(NC(=O)O1)[C@H](OC)/C=C/C=C(\C)C2. The number of alkyl carbamates (subject to hydrolysis) is 1. The summed E-state index contributed by atoms with van der Waals surface area (Å²) in [5.74, 6) is -5.51. The molecule has 11 atom stereocenters. The van der Waals surface area contributed by atoms with Crippen LogP contribution in [-0.2, 0) is 58.9 Å². The maximum absolute atomic E-state index is 14.6. The van der Waals surface area contributed by atoms with Crippen molar-refractivity contribution in [2.45, 2.75) is 166 Å². The van der Waals surface area contributed by atoms with Crippen molar-refractivity contribution in [2.24, 2.45) is 23.5 Å². The Kier molecular flexibility index (Phi) is 27.1. The molecule has 3 heterocycles. The Morgan fingerprint density at radius 3 is 2.32 bits per heavy atom. The van der Waals surface area contributed by atoms with Gasteiger partial charge in [-0.25, -0.2) is 14.4 Å². The number of nitrogens with one attached hydrogen (secondary N) is 5. The third-order valence-corrected chi connectivity index (χ3v) is 18.0. The fourth-order valence-electron chi connectivity index (χ4n) is 10.4. The van der Waals surface area contributed by atoms with Crippen LogP contribution in [0.3, 0.4) is 0 Å². The summed E-state index contributed by atoms with van der Waals surface area (Å²) < 4.78 is 35.2. The number of amides is 8. The molecule has 2 aromatic carbocycles. The summed E-state index contributed by atoms with van der Waals surface area (Å²) in [6.45, 7) is 12.0. The zero-order valence-electron chi connectivity index (χ0n) is 51.7. The van der Waals surface area contributed by atoms with Gasteiger partial charge in [0.15, 0.2) is 5.72 Å². The van der Waals surface area contributed by atoms with E-state index in [0.717, 1.165) is 16.0 Å².